The van der Waals surface area contributed by atoms with Gasteiger partial charge in [0.1, 0.15) is 17.0 Å². The van der Waals surface area contributed by atoms with Crippen molar-refractivity contribution in [1.29, 1.82) is 0 Å². The van der Waals surface area contributed by atoms with Crippen LogP contribution in [-0.2, 0) is 6.18 Å². The van der Waals surface area contributed by atoms with Crippen molar-refractivity contribution in [2.45, 2.75) is 32.5 Å². The Bertz CT molecular complexity index is 988. The van der Waals surface area contributed by atoms with Crippen LogP contribution in [0.2, 0.25) is 0 Å². The van der Waals surface area contributed by atoms with Gasteiger partial charge in [-0.3, -0.25) is 19.6 Å². The van der Waals surface area contributed by atoms with Crippen molar-refractivity contribution < 1.29 is 23.1 Å². The van der Waals surface area contributed by atoms with Crippen LogP contribution < -0.4 is 10.3 Å². The molecule has 0 saturated carbocycles. The van der Waals surface area contributed by atoms with E-state index in [1.54, 1.807) is 19.9 Å². The van der Waals surface area contributed by atoms with Crippen LogP contribution in [0.5, 0.6) is 5.75 Å². The molecule has 0 radical (unpaired) electrons. The van der Waals surface area contributed by atoms with Crippen LogP contribution in [-0.4, -0.2) is 27.5 Å². The molecule has 0 unspecified atom stereocenters. The molecule has 5 nitrogen and oxygen atoms in total. The van der Waals surface area contributed by atoms with Crippen LogP contribution in [0.3, 0.4) is 0 Å². The molecule has 2 aromatic rings. The van der Waals surface area contributed by atoms with E-state index in [1.165, 1.54) is 42.9 Å². The Morgan fingerprint density at radius 3 is 2.41 bits per heavy atom. The zero-order valence-corrected chi connectivity index (χ0v) is 15.3. The third-order valence-electron chi connectivity index (χ3n) is 4.52. The molecule has 1 aromatic heterocycles. The first-order valence-corrected chi connectivity index (χ1v) is 8.20. The molecule has 8 heteroatoms. The fraction of sp³-hybridized carbons (Fsp3) is 0.316. The average molecular weight is 380 g/mol. The number of benzene rings is 1. The summed E-state index contributed by atoms with van der Waals surface area (Å²) in [6.45, 7) is 4.66. The number of hydroxylamine groups is 2. The Hall–Kier alpha value is -2.74. The van der Waals surface area contributed by atoms with Gasteiger partial charge in [-0.1, -0.05) is 6.07 Å². The van der Waals surface area contributed by atoms with E-state index in [1.807, 2.05) is 0 Å². The highest BCUT2D eigenvalue weighted by Gasteiger charge is 2.42. The van der Waals surface area contributed by atoms with Gasteiger partial charge in [-0.25, -0.2) is 0 Å². The summed E-state index contributed by atoms with van der Waals surface area (Å²) in [5, 5.41) is 11.0. The second-order valence-electron chi connectivity index (χ2n) is 6.85. The lowest BCUT2D eigenvalue weighted by Crippen LogP contribution is -2.43. The maximum atomic E-state index is 13.5. The minimum Gasteiger partial charge on any atom is -0.481 e. The molecular formula is C19H19F3N2O3. The minimum atomic E-state index is -4.57. The van der Waals surface area contributed by atoms with Crippen LogP contribution in [0.25, 0.3) is 5.70 Å². The van der Waals surface area contributed by atoms with Crippen molar-refractivity contribution in [3.63, 3.8) is 0 Å². The zero-order valence-electron chi connectivity index (χ0n) is 15.3. The summed E-state index contributed by atoms with van der Waals surface area (Å²) >= 11 is 0. The minimum absolute atomic E-state index is 0.0828. The van der Waals surface area contributed by atoms with Gasteiger partial charge in [0.05, 0.1) is 11.3 Å². The number of rotatable bonds is 2. The van der Waals surface area contributed by atoms with Gasteiger partial charge in [0, 0.05) is 24.9 Å². The highest BCUT2D eigenvalue weighted by molar-refractivity contribution is 5.79. The molecule has 2 heterocycles. The summed E-state index contributed by atoms with van der Waals surface area (Å²) in [5.41, 5.74) is -1.99. The Labute approximate surface area is 153 Å². The fourth-order valence-corrected chi connectivity index (χ4v) is 3.49. The highest BCUT2D eigenvalue weighted by Crippen LogP contribution is 2.46. The standard InChI is InChI=1S/C19H19F3N2O3/c1-11-12(19(20,21)22)8-9-13-15(11)16(24-10-6-5-7-14(24)25)17(23(4)26)18(2,3)27-13/h5-10,26H,1-4H3. The Morgan fingerprint density at radius 2 is 1.85 bits per heavy atom. The predicted molar refractivity (Wildman–Crippen MR) is 93.5 cm³/mol. The van der Waals surface area contributed by atoms with Crippen molar-refractivity contribution >= 4 is 5.70 Å². The van der Waals surface area contributed by atoms with Crippen molar-refractivity contribution in [3.05, 3.63) is 69.3 Å². The third kappa shape index (κ3) is 3.10. The van der Waals surface area contributed by atoms with Crippen molar-refractivity contribution in [2.75, 3.05) is 7.05 Å². The van der Waals surface area contributed by atoms with Crippen molar-refractivity contribution in [2.24, 2.45) is 0 Å². The fourth-order valence-electron chi connectivity index (χ4n) is 3.49. The Kier molecular flexibility index (Phi) is 4.34. The topological polar surface area (TPSA) is 54.7 Å². The number of alkyl halides is 3. The van der Waals surface area contributed by atoms with E-state index in [0.29, 0.717) is 0 Å². The average Bonchev–Trinajstić information content (AvgIpc) is 2.51. The normalized spacial score (nSPS) is 16.0. The quantitative estimate of drug-likeness (QED) is 0.804. The lowest BCUT2D eigenvalue weighted by atomic mass is 9.90. The number of aromatic nitrogens is 1. The Morgan fingerprint density at radius 1 is 1.19 bits per heavy atom. The van der Waals surface area contributed by atoms with E-state index in [9.17, 15) is 23.2 Å². The summed E-state index contributed by atoms with van der Waals surface area (Å²) in [6.07, 6.45) is -3.11. The molecule has 0 atom stereocenters. The summed E-state index contributed by atoms with van der Waals surface area (Å²) < 4.78 is 47.5. The number of hydrogen-bond donors (Lipinski definition) is 1. The SMILES string of the molecule is Cc1c(C(F)(F)F)ccc2c1C(n1ccccc1=O)=C(N(C)O)C(C)(C)O2. The van der Waals surface area contributed by atoms with Gasteiger partial charge in [0.15, 0.2) is 0 Å². The third-order valence-corrected chi connectivity index (χ3v) is 4.52. The van der Waals surface area contributed by atoms with Crippen LogP contribution in [0.4, 0.5) is 13.2 Å². The lowest BCUT2D eigenvalue weighted by molar-refractivity contribution is -0.138. The number of ether oxygens (including phenoxy) is 1. The molecule has 1 aliphatic rings. The van der Waals surface area contributed by atoms with Gasteiger partial charge >= 0.3 is 6.18 Å². The molecule has 3 rings (SSSR count). The molecule has 1 aromatic carbocycles. The molecule has 0 saturated heterocycles. The molecule has 0 spiro atoms. The van der Waals surface area contributed by atoms with Gasteiger partial charge in [0.2, 0.25) is 0 Å². The number of likely N-dealkylation sites (N-methyl/N-ethyl adjacent to an activating group) is 1. The molecule has 144 valence electrons. The molecule has 0 bridgehead atoms. The van der Waals surface area contributed by atoms with E-state index >= 15 is 0 Å². The van der Waals surface area contributed by atoms with Gasteiger partial charge in [0.25, 0.3) is 5.56 Å². The number of pyridine rings is 1. The van der Waals surface area contributed by atoms with Gasteiger partial charge in [-0.15, -0.1) is 0 Å². The Balaban J connectivity index is 2.49. The maximum absolute atomic E-state index is 13.5. The van der Waals surface area contributed by atoms with Crippen LogP contribution in [0.15, 0.2) is 47.0 Å². The second kappa shape index (κ2) is 6.16. The predicted octanol–water partition coefficient (Wildman–Crippen LogP) is 3.88. The van der Waals surface area contributed by atoms with Crippen molar-refractivity contribution in [1.82, 2.24) is 9.63 Å². The van der Waals surface area contributed by atoms with Gasteiger partial charge in [-0.2, -0.15) is 13.2 Å². The lowest BCUT2D eigenvalue weighted by Gasteiger charge is -2.40. The van der Waals surface area contributed by atoms with Gasteiger partial charge < -0.3 is 4.74 Å². The zero-order chi connectivity index (χ0) is 20.1. The smallest absolute Gasteiger partial charge is 0.416 e. The van der Waals surface area contributed by atoms with Crippen molar-refractivity contribution in [3.8, 4) is 5.75 Å². The van der Waals surface area contributed by atoms with E-state index in [4.69, 9.17) is 4.74 Å². The summed E-state index contributed by atoms with van der Waals surface area (Å²) in [6, 6.07) is 6.63. The van der Waals surface area contributed by atoms with Gasteiger partial charge in [-0.05, 0) is 44.5 Å². The second-order valence-corrected chi connectivity index (χ2v) is 6.85. The maximum Gasteiger partial charge on any atom is 0.416 e. The van der Waals surface area contributed by atoms with E-state index in [2.05, 4.69) is 0 Å². The monoisotopic (exact) mass is 380 g/mol. The summed E-state index contributed by atoms with van der Waals surface area (Å²) in [4.78, 5) is 12.5. The first kappa shape index (κ1) is 19.0. The molecule has 0 aliphatic carbocycles. The first-order chi connectivity index (χ1) is 12.4. The van der Waals surface area contributed by atoms with E-state index in [0.717, 1.165) is 11.1 Å². The van der Waals surface area contributed by atoms with E-state index < -0.39 is 22.9 Å². The largest absolute Gasteiger partial charge is 0.481 e. The number of halogens is 3. The van der Waals surface area contributed by atoms with Crippen LogP contribution >= 0.6 is 0 Å². The molecule has 0 fully saturated rings. The molecule has 1 N–H and O–H groups in total. The summed E-state index contributed by atoms with van der Waals surface area (Å²) in [7, 11) is 1.34. The number of nitrogens with zero attached hydrogens (tertiary/aromatic N) is 2. The van der Waals surface area contributed by atoms with Crippen LogP contribution in [0.1, 0.15) is 30.5 Å². The highest BCUT2D eigenvalue weighted by atomic mass is 19.4. The first-order valence-electron chi connectivity index (χ1n) is 8.20. The number of hydrogen-bond acceptors (Lipinski definition) is 4. The molecule has 0 amide bonds. The van der Waals surface area contributed by atoms with Crippen LogP contribution in [0, 0.1) is 6.92 Å². The number of fused-ring (bicyclic) bond motifs is 1. The molecule has 27 heavy (non-hydrogen) atoms. The molecular weight excluding hydrogens is 361 g/mol. The van der Waals surface area contributed by atoms with E-state index in [-0.39, 0.29) is 28.3 Å². The summed E-state index contributed by atoms with van der Waals surface area (Å²) in [5.74, 6) is 0.210. The molecule has 1 aliphatic heterocycles.